The maximum Gasteiger partial charge on any atom is 0.410 e. The zero-order valence-electron chi connectivity index (χ0n) is 14.5. The van der Waals surface area contributed by atoms with Crippen LogP contribution in [0.3, 0.4) is 0 Å². The molecule has 0 aliphatic carbocycles. The van der Waals surface area contributed by atoms with Crippen LogP contribution in [0.15, 0.2) is 24.3 Å². The van der Waals surface area contributed by atoms with E-state index in [0.717, 1.165) is 11.4 Å². The Morgan fingerprint density at radius 2 is 1.91 bits per heavy atom. The fraction of sp³-hybridized carbons (Fsp3) is 0.529. The van der Waals surface area contributed by atoms with Crippen LogP contribution in [0.25, 0.3) is 0 Å². The fourth-order valence-corrected chi connectivity index (χ4v) is 1.99. The highest BCUT2D eigenvalue weighted by molar-refractivity contribution is 7.79. The van der Waals surface area contributed by atoms with Crippen molar-refractivity contribution >= 4 is 29.5 Å². The van der Waals surface area contributed by atoms with Gasteiger partial charge in [0, 0.05) is 11.7 Å². The van der Waals surface area contributed by atoms with Gasteiger partial charge in [0.05, 0.1) is 12.0 Å². The first-order valence-electron chi connectivity index (χ1n) is 7.65. The molecule has 128 valence electrons. The summed E-state index contributed by atoms with van der Waals surface area (Å²) in [6, 6.07) is 7.52. The largest absolute Gasteiger partial charge is 0.492 e. The normalized spacial score (nSPS) is 11.0. The second-order valence-electron chi connectivity index (χ2n) is 6.40. The minimum absolute atomic E-state index is 0.0441. The molecule has 5 nitrogen and oxygen atoms in total. The van der Waals surface area contributed by atoms with Crippen LogP contribution in [-0.4, -0.2) is 41.3 Å². The second-order valence-corrected chi connectivity index (χ2v) is 6.64. The van der Waals surface area contributed by atoms with E-state index in [-0.39, 0.29) is 12.1 Å². The molecule has 0 radical (unpaired) electrons. The van der Waals surface area contributed by atoms with Gasteiger partial charge in [0.2, 0.25) is 0 Å². The molecule has 0 aliphatic rings. The van der Waals surface area contributed by atoms with Crippen LogP contribution in [0.5, 0.6) is 5.75 Å². The summed E-state index contributed by atoms with van der Waals surface area (Å²) in [5.74, 6) is 0.743. The van der Waals surface area contributed by atoms with Crippen molar-refractivity contribution in [2.45, 2.75) is 46.3 Å². The molecular weight excluding hydrogens is 312 g/mol. The van der Waals surface area contributed by atoms with E-state index in [2.05, 4.69) is 5.32 Å². The number of carbonyl (C=O) groups excluding carboxylic acids is 1. The Bertz CT molecular complexity index is 510. The molecule has 0 heterocycles. The Hall–Kier alpha value is -1.82. The van der Waals surface area contributed by atoms with E-state index in [1.807, 2.05) is 58.9 Å². The molecule has 1 amide bonds. The highest BCUT2D eigenvalue weighted by Gasteiger charge is 2.23. The van der Waals surface area contributed by atoms with Crippen LogP contribution in [0.4, 0.5) is 10.5 Å². The molecule has 0 aromatic heterocycles. The van der Waals surface area contributed by atoms with Gasteiger partial charge < -0.3 is 19.7 Å². The van der Waals surface area contributed by atoms with E-state index >= 15 is 0 Å². The van der Waals surface area contributed by atoms with Crippen LogP contribution in [0.2, 0.25) is 0 Å². The van der Waals surface area contributed by atoms with Crippen molar-refractivity contribution in [1.29, 1.82) is 0 Å². The van der Waals surface area contributed by atoms with Gasteiger partial charge >= 0.3 is 6.09 Å². The highest BCUT2D eigenvalue weighted by Crippen LogP contribution is 2.16. The lowest BCUT2D eigenvalue weighted by molar-refractivity contribution is 0.0164. The molecule has 0 bridgehead atoms. The predicted molar refractivity (Wildman–Crippen MR) is 97.3 cm³/mol. The lowest BCUT2D eigenvalue weighted by atomic mass is 10.2. The molecule has 0 aliphatic heterocycles. The van der Waals surface area contributed by atoms with Gasteiger partial charge in [-0.2, -0.15) is 0 Å². The van der Waals surface area contributed by atoms with Crippen molar-refractivity contribution in [2.75, 3.05) is 18.5 Å². The Morgan fingerprint density at radius 3 is 2.39 bits per heavy atom. The van der Waals surface area contributed by atoms with Crippen LogP contribution in [0, 0.1) is 0 Å². The monoisotopic (exact) mass is 338 g/mol. The minimum atomic E-state index is -0.504. The first-order chi connectivity index (χ1) is 10.7. The summed E-state index contributed by atoms with van der Waals surface area (Å²) in [5.41, 5.74) is 1.86. The van der Waals surface area contributed by atoms with E-state index in [4.69, 9.17) is 21.7 Å². The van der Waals surface area contributed by atoms with Crippen LogP contribution in [-0.2, 0) is 4.74 Å². The number of nitrogens with one attached hydrogen (secondary N) is 1. The number of rotatable bonds is 7. The standard InChI is InChI=1S/C17H26N2O3S/c1-13(2)19(16(20)22-17(3,4)5)10-11-21-15-8-6-14(7-9-15)18-12-23/h6-9,12-13H,10-11H2,1-5H3,(H,18,23). The van der Waals surface area contributed by atoms with Crippen molar-refractivity contribution in [3.05, 3.63) is 24.3 Å². The van der Waals surface area contributed by atoms with Gasteiger partial charge in [0.25, 0.3) is 0 Å². The van der Waals surface area contributed by atoms with Crippen LogP contribution in [0.1, 0.15) is 34.6 Å². The first-order valence-corrected chi connectivity index (χ1v) is 8.13. The molecule has 0 saturated carbocycles. The van der Waals surface area contributed by atoms with Crippen molar-refractivity contribution in [3.63, 3.8) is 0 Å². The van der Waals surface area contributed by atoms with Gasteiger partial charge in [-0.25, -0.2) is 4.79 Å². The SMILES string of the molecule is CC(C)N(CCOc1ccc(NC=S)cc1)C(=O)OC(C)(C)C. The van der Waals surface area contributed by atoms with Crippen molar-refractivity contribution in [3.8, 4) is 5.75 Å². The zero-order chi connectivity index (χ0) is 17.5. The molecule has 1 N–H and O–H groups in total. The lowest BCUT2D eigenvalue weighted by Gasteiger charge is -2.30. The summed E-state index contributed by atoms with van der Waals surface area (Å²) in [7, 11) is 0. The van der Waals surface area contributed by atoms with Gasteiger partial charge in [-0.3, -0.25) is 0 Å². The second kappa shape index (κ2) is 8.72. The number of ether oxygens (including phenoxy) is 2. The third-order valence-corrected chi connectivity index (χ3v) is 3.05. The summed E-state index contributed by atoms with van der Waals surface area (Å²) < 4.78 is 11.1. The molecule has 1 rings (SSSR count). The average Bonchev–Trinajstić information content (AvgIpc) is 2.43. The Labute approximate surface area is 144 Å². The third kappa shape index (κ3) is 7.32. The molecule has 6 heteroatoms. The molecular formula is C17H26N2O3S. The summed E-state index contributed by atoms with van der Waals surface area (Å²) in [6.07, 6.45) is -0.323. The third-order valence-electron chi connectivity index (χ3n) is 2.93. The van der Waals surface area contributed by atoms with Crippen molar-refractivity contribution in [1.82, 2.24) is 4.90 Å². The maximum absolute atomic E-state index is 12.2. The Kier molecular flexibility index (Phi) is 7.29. The van der Waals surface area contributed by atoms with Crippen LogP contribution >= 0.6 is 12.2 Å². The molecule has 23 heavy (non-hydrogen) atoms. The predicted octanol–water partition coefficient (Wildman–Crippen LogP) is 4.08. The summed E-state index contributed by atoms with van der Waals surface area (Å²) >= 11 is 4.74. The molecule has 0 saturated heterocycles. The topological polar surface area (TPSA) is 50.8 Å². The van der Waals surface area contributed by atoms with E-state index < -0.39 is 5.60 Å². The van der Waals surface area contributed by atoms with Crippen LogP contribution < -0.4 is 10.1 Å². The quantitative estimate of drug-likeness (QED) is 0.759. The van der Waals surface area contributed by atoms with E-state index in [1.54, 1.807) is 4.90 Å². The summed E-state index contributed by atoms with van der Waals surface area (Å²) in [4.78, 5) is 13.8. The van der Waals surface area contributed by atoms with Gasteiger partial charge in [-0.05, 0) is 58.9 Å². The molecule has 0 atom stereocenters. The number of carbonyl (C=O) groups is 1. The summed E-state index contributed by atoms with van der Waals surface area (Å²) in [5, 5.41) is 2.93. The first kappa shape index (κ1) is 19.2. The van der Waals surface area contributed by atoms with Crippen molar-refractivity contribution < 1.29 is 14.3 Å². The number of hydrogen-bond acceptors (Lipinski definition) is 4. The number of nitrogens with zero attached hydrogens (tertiary/aromatic N) is 1. The smallest absolute Gasteiger partial charge is 0.410 e. The Morgan fingerprint density at radius 1 is 1.30 bits per heavy atom. The highest BCUT2D eigenvalue weighted by atomic mass is 32.1. The molecule has 0 spiro atoms. The average molecular weight is 338 g/mol. The number of hydrogen-bond donors (Lipinski definition) is 1. The molecule has 0 fully saturated rings. The minimum Gasteiger partial charge on any atom is -0.492 e. The number of benzene rings is 1. The van der Waals surface area contributed by atoms with E-state index in [0.29, 0.717) is 13.2 Å². The van der Waals surface area contributed by atoms with Crippen molar-refractivity contribution in [2.24, 2.45) is 0 Å². The summed E-state index contributed by atoms with van der Waals surface area (Å²) in [6.45, 7) is 10.3. The molecule has 1 aromatic carbocycles. The fourth-order valence-electron chi connectivity index (χ4n) is 1.86. The molecule has 0 unspecified atom stereocenters. The maximum atomic E-state index is 12.2. The van der Waals surface area contributed by atoms with Gasteiger partial charge in [0.1, 0.15) is 18.0 Å². The number of anilines is 1. The van der Waals surface area contributed by atoms with E-state index in [1.165, 1.54) is 5.49 Å². The van der Waals surface area contributed by atoms with Gasteiger partial charge in [0.15, 0.2) is 0 Å². The Balaban J connectivity index is 2.52. The number of thiocarbonyl (C=S) groups is 1. The lowest BCUT2D eigenvalue weighted by Crippen LogP contribution is -2.43. The molecule has 1 aromatic rings. The van der Waals surface area contributed by atoms with Gasteiger partial charge in [-0.1, -0.05) is 12.2 Å². The van der Waals surface area contributed by atoms with E-state index in [9.17, 15) is 4.79 Å². The number of amides is 1. The van der Waals surface area contributed by atoms with Gasteiger partial charge in [-0.15, -0.1) is 0 Å². The zero-order valence-corrected chi connectivity index (χ0v) is 15.3.